The van der Waals surface area contributed by atoms with Gasteiger partial charge < -0.3 is 5.02 Å². The summed E-state index contributed by atoms with van der Waals surface area (Å²) in [5.74, 6) is 0. The molecule has 0 bridgehead atoms. The van der Waals surface area contributed by atoms with Crippen molar-refractivity contribution in [3.63, 3.8) is 0 Å². The molecule has 0 spiro atoms. The second-order valence-corrected chi connectivity index (χ2v) is 6.34. The van der Waals surface area contributed by atoms with Gasteiger partial charge in [0.25, 0.3) is 0 Å². The molecule has 0 saturated heterocycles. The Balaban J connectivity index is 1.92. The molecule has 3 rings (SSSR count). The molecule has 26 heavy (non-hydrogen) atoms. The monoisotopic (exact) mass is 338 g/mol. The van der Waals surface area contributed by atoms with Crippen LogP contribution in [0.5, 0.6) is 0 Å². The van der Waals surface area contributed by atoms with Gasteiger partial charge in [-0.3, -0.25) is 0 Å². The van der Waals surface area contributed by atoms with Crippen molar-refractivity contribution in [2.45, 2.75) is 12.7 Å². The number of hydrogen-bond acceptors (Lipinski definition) is 1. The van der Waals surface area contributed by atoms with Gasteiger partial charge in [-0.05, 0) is 46.5 Å². The zero-order valence-electron chi connectivity index (χ0n) is 14.9. The molecule has 0 aliphatic heterocycles. The molecule has 0 radical (unpaired) electrons. The van der Waals surface area contributed by atoms with Crippen molar-refractivity contribution in [3.05, 3.63) is 114 Å². The topological polar surface area (TPSA) is 20.2 Å². The molecule has 3 aromatic carbocycles. The molecule has 0 aliphatic rings. The number of hydrogen-bond donors (Lipinski definition) is 1. The van der Waals surface area contributed by atoms with Crippen LogP contribution >= 0.6 is 0 Å². The first-order valence-electron chi connectivity index (χ1n) is 8.99. The second-order valence-electron chi connectivity index (χ2n) is 6.34. The lowest BCUT2D eigenvalue weighted by Gasteiger charge is -2.10. The van der Waals surface area contributed by atoms with Crippen LogP contribution in [0.2, 0.25) is 6.32 Å². The van der Waals surface area contributed by atoms with Gasteiger partial charge in [0.1, 0.15) is 0 Å². The minimum absolute atomic E-state index is 0.436. The van der Waals surface area contributed by atoms with Gasteiger partial charge in [-0.2, -0.15) is 0 Å². The first kappa shape index (κ1) is 18.0. The lowest BCUT2D eigenvalue weighted by atomic mass is 9.58. The van der Waals surface area contributed by atoms with E-state index in [0.717, 1.165) is 17.4 Å². The van der Waals surface area contributed by atoms with Crippen molar-refractivity contribution in [2.75, 3.05) is 0 Å². The highest BCUT2D eigenvalue weighted by atomic mass is 16.2. The minimum atomic E-state index is -0.436. The fraction of sp³-hybridized carbons (Fsp3) is 0.0833. The van der Waals surface area contributed by atoms with Crippen LogP contribution in [0.4, 0.5) is 0 Å². The fourth-order valence-corrected chi connectivity index (χ4v) is 2.99. The first-order chi connectivity index (χ1) is 12.8. The third kappa shape index (κ3) is 4.62. The highest BCUT2D eigenvalue weighted by Crippen LogP contribution is 2.25. The number of benzene rings is 3. The van der Waals surface area contributed by atoms with E-state index in [-0.39, 0.29) is 0 Å². The Morgan fingerprint density at radius 2 is 1.35 bits per heavy atom. The minimum Gasteiger partial charge on any atom is -0.446 e. The van der Waals surface area contributed by atoms with Crippen molar-refractivity contribution in [2.24, 2.45) is 0 Å². The van der Waals surface area contributed by atoms with E-state index in [1.54, 1.807) is 0 Å². The van der Waals surface area contributed by atoms with Gasteiger partial charge in [-0.1, -0.05) is 91.0 Å². The number of allylic oxidation sites excluding steroid dienone is 1. The summed E-state index contributed by atoms with van der Waals surface area (Å²) < 4.78 is 0. The maximum atomic E-state index is 10.2. The molecule has 3 aromatic rings. The Labute approximate surface area is 156 Å². The van der Waals surface area contributed by atoms with E-state index in [9.17, 15) is 5.02 Å². The summed E-state index contributed by atoms with van der Waals surface area (Å²) in [5.41, 5.74) is 5.63. The Morgan fingerprint density at radius 1 is 0.808 bits per heavy atom. The van der Waals surface area contributed by atoms with E-state index in [2.05, 4.69) is 73.3 Å². The third-order valence-electron chi connectivity index (χ3n) is 4.45. The SMILES string of the molecule is C=CCCB(O)c1ccc(C=C(c2ccccc2)c2ccccc2)cc1. The zero-order chi connectivity index (χ0) is 18.2. The Morgan fingerprint density at radius 3 is 1.85 bits per heavy atom. The average molecular weight is 338 g/mol. The van der Waals surface area contributed by atoms with Crippen molar-refractivity contribution >= 4 is 24.0 Å². The van der Waals surface area contributed by atoms with Crippen LogP contribution in [0.15, 0.2) is 97.6 Å². The van der Waals surface area contributed by atoms with E-state index in [0.29, 0.717) is 6.32 Å². The van der Waals surface area contributed by atoms with Gasteiger partial charge in [0.2, 0.25) is 0 Å². The maximum Gasteiger partial charge on any atom is 0.323 e. The standard InChI is InChI=1S/C24H23BO/c1-2-3-18-25(26)23-16-14-20(15-17-23)19-24(21-10-6-4-7-11-21)22-12-8-5-9-13-22/h2,4-17,19,26H,1,3,18H2. The van der Waals surface area contributed by atoms with Gasteiger partial charge in [0, 0.05) is 0 Å². The summed E-state index contributed by atoms with van der Waals surface area (Å²) in [6, 6.07) is 29.0. The van der Waals surface area contributed by atoms with Crippen molar-refractivity contribution in [1.82, 2.24) is 0 Å². The fourth-order valence-electron chi connectivity index (χ4n) is 2.99. The highest BCUT2D eigenvalue weighted by Gasteiger charge is 2.12. The zero-order valence-corrected chi connectivity index (χ0v) is 14.9. The van der Waals surface area contributed by atoms with Gasteiger partial charge in [-0.15, -0.1) is 6.58 Å². The van der Waals surface area contributed by atoms with Gasteiger partial charge in [-0.25, -0.2) is 0 Å². The van der Waals surface area contributed by atoms with Crippen molar-refractivity contribution < 1.29 is 5.02 Å². The van der Waals surface area contributed by atoms with Gasteiger partial charge in [0.15, 0.2) is 0 Å². The summed E-state index contributed by atoms with van der Waals surface area (Å²) in [6.07, 6.45) is 5.56. The Hall–Kier alpha value is -2.84. The molecule has 0 heterocycles. The van der Waals surface area contributed by atoms with Crippen LogP contribution in [-0.4, -0.2) is 11.9 Å². The summed E-state index contributed by atoms with van der Waals surface area (Å²) >= 11 is 0. The Bertz CT molecular complexity index is 810. The van der Waals surface area contributed by atoms with E-state index < -0.39 is 6.92 Å². The summed E-state index contributed by atoms with van der Waals surface area (Å²) in [5, 5.41) is 10.2. The van der Waals surface area contributed by atoms with Crippen molar-refractivity contribution in [1.29, 1.82) is 0 Å². The predicted molar refractivity (Wildman–Crippen MR) is 114 cm³/mol. The molecular weight excluding hydrogens is 315 g/mol. The molecule has 1 nitrogen and oxygen atoms in total. The molecule has 0 aliphatic carbocycles. The normalized spacial score (nSPS) is 10.2. The van der Waals surface area contributed by atoms with Crippen LogP contribution in [0.1, 0.15) is 23.1 Å². The van der Waals surface area contributed by atoms with E-state index in [1.807, 2.05) is 30.3 Å². The van der Waals surface area contributed by atoms with Crippen LogP contribution in [0.3, 0.4) is 0 Å². The quantitative estimate of drug-likeness (QED) is 0.363. The highest BCUT2D eigenvalue weighted by molar-refractivity contribution is 6.66. The van der Waals surface area contributed by atoms with Crippen LogP contribution in [0, 0.1) is 0 Å². The molecule has 0 saturated carbocycles. The maximum absolute atomic E-state index is 10.2. The smallest absolute Gasteiger partial charge is 0.323 e. The summed E-state index contributed by atoms with van der Waals surface area (Å²) in [7, 11) is 0. The van der Waals surface area contributed by atoms with Crippen LogP contribution in [-0.2, 0) is 0 Å². The molecule has 0 fully saturated rings. The van der Waals surface area contributed by atoms with E-state index in [4.69, 9.17) is 0 Å². The molecule has 128 valence electrons. The van der Waals surface area contributed by atoms with Crippen LogP contribution in [0.25, 0.3) is 11.6 Å². The molecule has 0 amide bonds. The summed E-state index contributed by atoms with van der Waals surface area (Å²) in [4.78, 5) is 0. The second kappa shape index (κ2) is 9.03. The van der Waals surface area contributed by atoms with Crippen LogP contribution < -0.4 is 5.46 Å². The Kier molecular flexibility index (Phi) is 6.24. The molecular formula is C24H23BO. The van der Waals surface area contributed by atoms with Crippen molar-refractivity contribution in [3.8, 4) is 0 Å². The third-order valence-corrected chi connectivity index (χ3v) is 4.45. The van der Waals surface area contributed by atoms with Gasteiger partial charge in [0.05, 0.1) is 0 Å². The molecule has 0 aromatic heterocycles. The molecule has 2 heteroatoms. The number of rotatable bonds is 7. The molecule has 0 unspecified atom stereocenters. The average Bonchev–Trinajstić information content (AvgIpc) is 2.72. The predicted octanol–water partition coefficient (Wildman–Crippen LogP) is 5.04. The molecule has 1 N–H and O–H groups in total. The van der Waals surface area contributed by atoms with Gasteiger partial charge >= 0.3 is 6.92 Å². The lowest BCUT2D eigenvalue weighted by molar-refractivity contribution is 0.583. The van der Waals surface area contributed by atoms with E-state index >= 15 is 0 Å². The summed E-state index contributed by atoms with van der Waals surface area (Å²) in [6.45, 7) is 3.28. The molecule has 0 atom stereocenters. The first-order valence-corrected chi connectivity index (χ1v) is 8.99. The largest absolute Gasteiger partial charge is 0.446 e. The van der Waals surface area contributed by atoms with E-state index in [1.165, 1.54) is 16.7 Å². The lowest BCUT2D eigenvalue weighted by Crippen LogP contribution is -2.29.